The van der Waals surface area contributed by atoms with Gasteiger partial charge in [-0.15, -0.1) is 0 Å². The minimum atomic E-state index is -3.77. The maximum atomic E-state index is 13.3. The van der Waals surface area contributed by atoms with Crippen molar-refractivity contribution in [2.24, 2.45) is 5.92 Å². The molecule has 0 spiro atoms. The van der Waals surface area contributed by atoms with Crippen LogP contribution in [0.3, 0.4) is 0 Å². The van der Waals surface area contributed by atoms with E-state index in [9.17, 15) is 13.2 Å². The standard InChI is InChI=1S/C21H26N2O4S/c1-5-15(3)20(24)11-17-10-19-21(22-12-17)27-16(4)13-23(19)28(25,26)18-8-6-7-14(2)9-18/h6-10,12,15-16H,5,11,13H2,1-4H3/t15?,16-/m0/s1. The van der Waals surface area contributed by atoms with Crippen LogP contribution in [0.1, 0.15) is 38.3 Å². The van der Waals surface area contributed by atoms with E-state index in [-0.39, 0.29) is 41.5 Å². The third-order valence-corrected chi connectivity index (χ3v) is 6.79. The zero-order valence-corrected chi connectivity index (χ0v) is 17.5. The number of ether oxygens (including phenoxy) is 1. The molecule has 0 N–H and O–H groups in total. The van der Waals surface area contributed by atoms with Crippen molar-refractivity contribution in [3.8, 4) is 5.88 Å². The van der Waals surface area contributed by atoms with Crippen LogP contribution in [-0.2, 0) is 21.2 Å². The maximum Gasteiger partial charge on any atom is 0.264 e. The van der Waals surface area contributed by atoms with Gasteiger partial charge in [0.25, 0.3) is 10.0 Å². The van der Waals surface area contributed by atoms with Crippen molar-refractivity contribution in [3.05, 3.63) is 47.7 Å². The van der Waals surface area contributed by atoms with E-state index in [0.717, 1.165) is 12.0 Å². The molecule has 28 heavy (non-hydrogen) atoms. The number of fused-ring (bicyclic) bond motifs is 1. The molecule has 2 atom stereocenters. The first-order valence-corrected chi connectivity index (χ1v) is 10.9. The van der Waals surface area contributed by atoms with Gasteiger partial charge in [0.15, 0.2) is 0 Å². The summed E-state index contributed by atoms with van der Waals surface area (Å²) >= 11 is 0. The molecular formula is C21H26N2O4S. The van der Waals surface area contributed by atoms with Gasteiger partial charge in [0.2, 0.25) is 5.88 Å². The molecule has 1 aliphatic rings. The summed E-state index contributed by atoms with van der Waals surface area (Å²) in [5.74, 6) is 0.344. The number of aromatic nitrogens is 1. The summed E-state index contributed by atoms with van der Waals surface area (Å²) in [6.45, 7) is 7.72. The second-order valence-electron chi connectivity index (χ2n) is 7.40. The third kappa shape index (κ3) is 4.04. The summed E-state index contributed by atoms with van der Waals surface area (Å²) < 4.78 is 33.7. The average molecular weight is 403 g/mol. The topological polar surface area (TPSA) is 76.6 Å². The van der Waals surface area contributed by atoms with Crippen LogP contribution in [0.4, 0.5) is 5.69 Å². The highest BCUT2D eigenvalue weighted by molar-refractivity contribution is 7.92. The number of nitrogens with zero attached hydrogens (tertiary/aromatic N) is 2. The Hall–Kier alpha value is -2.41. The summed E-state index contributed by atoms with van der Waals surface area (Å²) in [6.07, 6.45) is 2.26. The summed E-state index contributed by atoms with van der Waals surface area (Å²) in [6, 6.07) is 8.54. The van der Waals surface area contributed by atoms with Crippen LogP contribution in [0.25, 0.3) is 0 Å². The second kappa shape index (κ2) is 7.91. The lowest BCUT2D eigenvalue weighted by molar-refractivity contribution is -0.121. The summed E-state index contributed by atoms with van der Waals surface area (Å²) in [5.41, 5.74) is 1.94. The van der Waals surface area contributed by atoms with Crippen molar-refractivity contribution in [2.45, 2.75) is 51.5 Å². The van der Waals surface area contributed by atoms with E-state index in [2.05, 4.69) is 4.98 Å². The molecule has 0 aliphatic carbocycles. The largest absolute Gasteiger partial charge is 0.471 e. The lowest BCUT2D eigenvalue weighted by Crippen LogP contribution is -2.42. The minimum Gasteiger partial charge on any atom is -0.471 e. The first kappa shape index (κ1) is 20.3. The Kier molecular flexibility index (Phi) is 5.74. The van der Waals surface area contributed by atoms with E-state index >= 15 is 0 Å². The molecular weight excluding hydrogens is 376 g/mol. The predicted octanol–water partition coefficient (Wildman–Crippen LogP) is 3.52. The van der Waals surface area contributed by atoms with E-state index in [4.69, 9.17) is 4.74 Å². The lowest BCUT2D eigenvalue weighted by atomic mass is 9.98. The number of Topliss-reactive ketones (excluding diaryl/α,β-unsaturated/α-hetero) is 1. The number of sulfonamides is 1. The molecule has 1 aliphatic heterocycles. The number of carbonyl (C=O) groups is 1. The van der Waals surface area contributed by atoms with Crippen LogP contribution in [0.2, 0.25) is 0 Å². The van der Waals surface area contributed by atoms with Crippen molar-refractivity contribution in [2.75, 3.05) is 10.8 Å². The predicted molar refractivity (Wildman–Crippen MR) is 108 cm³/mol. The molecule has 7 heteroatoms. The summed E-state index contributed by atoms with van der Waals surface area (Å²) in [4.78, 5) is 16.8. The Balaban J connectivity index is 2.01. The third-order valence-electron chi connectivity index (χ3n) is 5.01. The van der Waals surface area contributed by atoms with Crippen molar-refractivity contribution in [3.63, 3.8) is 0 Å². The van der Waals surface area contributed by atoms with Gasteiger partial charge in [0, 0.05) is 18.5 Å². The Morgan fingerprint density at radius 3 is 2.79 bits per heavy atom. The van der Waals surface area contributed by atoms with Crippen LogP contribution in [-0.4, -0.2) is 31.8 Å². The van der Waals surface area contributed by atoms with E-state index in [1.54, 1.807) is 30.5 Å². The van der Waals surface area contributed by atoms with Crippen LogP contribution < -0.4 is 9.04 Å². The molecule has 0 fully saturated rings. The number of anilines is 1. The SMILES string of the molecule is CCC(C)C(=O)Cc1cnc2c(c1)N(S(=O)(=O)c1cccc(C)c1)C[C@H](C)O2. The number of aryl methyl sites for hydroxylation is 1. The van der Waals surface area contributed by atoms with E-state index in [1.807, 2.05) is 33.8 Å². The van der Waals surface area contributed by atoms with Gasteiger partial charge in [-0.1, -0.05) is 26.0 Å². The lowest BCUT2D eigenvalue weighted by Gasteiger charge is -2.33. The van der Waals surface area contributed by atoms with E-state index in [0.29, 0.717) is 11.3 Å². The molecule has 2 aromatic rings. The second-order valence-corrected chi connectivity index (χ2v) is 9.26. The number of ketones is 1. The molecule has 1 aromatic carbocycles. The highest BCUT2D eigenvalue weighted by Gasteiger charge is 2.34. The zero-order chi connectivity index (χ0) is 20.5. The van der Waals surface area contributed by atoms with Crippen molar-refractivity contribution < 1.29 is 17.9 Å². The zero-order valence-electron chi connectivity index (χ0n) is 16.7. The fraction of sp³-hybridized carbons (Fsp3) is 0.429. The van der Waals surface area contributed by atoms with Gasteiger partial charge < -0.3 is 4.74 Å². The molecule has 1 aromatic heterocycles. The Morgan fingerprint density at radius 2 is 2.11 bits per heavy atom. The normalized spacial score (nSPS) is 17.6. The Morgan fingerprint density at radius 1 is 1.36 bits per heavy atom. The highest BCUT2D eigenvalue weighted by Crippen LogP contribution is 2.36. The number of pyridine rings is 1. The number of rotatable bonds is 6. The fourth-order valence-electron chi connectivity index (χ4n) is 3.14. The van der Waals surface area contributed by atoms with Crippen LogP contribution >= 0.6 is 0 Å². The number of benzene rings is 1. The van der Waals surface area contributed by atoms with Gasteiger partial charge in [-0.2, -0.15) is 0 Å². The molecule has 0 radical (unpaired) electrons. The number of hydrogen-bond acceptors (Lipinski definition) is 5. The van der Waals surface area contributed by atoms with Crippen molar-refractivity contribution in [1.82, 2.24) is 4.98 Å². The fourth-order valence-corrected chi connectivity index (χ4v) is 4.78. The molecule has 0 amide bonds. The van der Waals surface area contributed by atoms with Gasteiger partial charge in [-0.3, -0.25) is 9.10 Å². The first-order valence-electron chi connectivity index (χ1n) is 9.50. The van der Waals surface area contributed by atoms with Gasteiger partial charge >= 0.3 is 0 Å². The number of carbonyl (C=O) groups excluding carboxylic acids is 1. The molecule has 150 valence electrons. The molecule has 3 rings (SSSR count). The smallest absolute Gasteiger partial charge is 0.264 e. The monoisotopic (exact) mass is 402 g/mol. The molecule has 0 saturated carbocycles. The van der Waals surface area contributed by atoms with Gasteiger partial charge in [0.05, 0.1) is 11.4 Å². The maximum absolute atomic E-state index is 13.3. The van der Waals surface area contributed by atoms with Gasteiger partial charge in [-0.05, 0) is 49.6 Å². The van der Waals surface area contributed by atoms with E-state index in [1.165, 1.54) is 4.31 Å². The van der Waals surface area contributed by atoms with Gasteiger partial charge in [-0.25, -0.2) is 13.4 Å². The molecule has 6 nitrogen and oxygen atoms in total. The number of hydrogen-bond donors (Lipinski definition) is 0. The molecule has 0 saturated heterocycles. The van der Waals surface area contributed by atoms with Crippen molar-refractivity contribution in [1.29, 1.82) is 0 Å². The first-order chi connectivity index (χ1) is 13.2. The summed E-state index contributed by atoms with van der Waals surface area (Å²) in [7, 11) is -3.77. The molecule has 2 heterocycles. The Labute approximate surface area is 166 Å². The Bertz CT molecular complexity index is 988. The average Bonchev–Trinajstić information content (AvgIpc) is 2.66. The van der Waals surface area contributed by atoms with Crippen LogP contribution in [0, 0.1) is 12.8 Å². The highest BCUT2D eigenvalue weighted by atomic mass is 32.2. The van der Waals surface area contributed by atoms with Crippen LogP contribution in [0.15, 0.2) is 41.4 Å². The molecule has 0 bridgehead atoms. The van der Waals surface area contributed by atoms with Crippen molar-refractivity contribution >= 4 is 21.5 Å². The summed E-state index contributed by atoms with van der Waals surface area (Å²) in [5, 5.41) is 0. The van der Waals surface area contributed by atoms with Crippen LogP contribution in [0.5, 0.6) is 5.88 Å². The minimum absolute atomic E-state index is 0.0422. The van der Waals surface area contributed by atoms with E-state index < -0.39 is 10.0 Å². The quantitative estimate of drug-likeness (QED) is 0.739. The molecule has 1 unspecified atom stereocenters. The van der Waals surface area contributed by atoms with Gasteiger partial charge in [0.1, 0.15) is 17.6 Å².